The smallest absolute Gasteiger partial charge is 0.871 e. The fourth-order valence-electron chi connectivity index (χ4n) is 9.89. The maximum Gasteiger partial charge on any atom is 2.00 e. The Bertz CT molecular complexity index is 3420. The zero-order valence-corrected chi connectivity index (χ0v) is 50.9. The van der Waals surface area contributed by atoms with E-state index in [9.17, 15) is 0 Å². The van der Waals surface area contributed by atoms with Crippen LogP contribution in [0.3, 0.4) is 0 Å². The van der Waals surface area contributed by atoms with Gasteiger partial charge in [-0.15, -0.1) is 0 Å². The van der Waals surface area contributed by atoms with Gasteiger partial charge in [-0.25, -0.2) is 20.0 Å². The Kier molecular flexibility index (Phi) is 14.6. The van der Waals surface area contributed by atoms with Gasteiger partial charge in [-0.3, -0.25) is 0 Å². The Morgan fingerprint density at radius 2 is 0.618 bits per heavy atom. The van der Waals surface area contributed by atoms with E-state index in [0.717, 1.165) is 70.6 Å². The molecule has 5 aliphatic heterocycles. The van der Waals surface area contributed by atoms with E-state index >= 15 is 10.2 Å². The van der Waals surface area contributed by atoms with Crippen molar-refractivity contribution in [1.82, 2.24) is 0 Å². The predicted molar refractivity (Wildman–Crippen MR) is 323 cm³/mol. The number of rotatable bonds is 4. The molecule has 0 aliphatic carbocycles. The summed E-state index contributed by atoms with van der Waals surface area (Å²) in [5.41, 5.74) is 15.8. The topological polar surface area (TPSA) is 95.6 Å². The van der Waals surface area contributed by atoms with Crippen LogP contribution in [0.4, 0.5) is 0 Å². The summed E-state index contributed by atoms with van der Waals surface area (Å²) in [6, 6.07) is 28.5. The van der Waals surface area contributed by atoms with Crippen LogP contribution in [-0.4, -0.2) is 22.8 Å². The van der Waals surface area contributed by atoms with Gasteiger partial charge >= 0.3 is 17.1 Å². The quantitative estimate of drug-likeness (QED) is 0.150. The van der Waals surface area contributed by atoms with E-state index in [0.29, 0.717) is 34.0 Å². The minimum absolute atomic E-state index is 0. The SMILES string of the molecule is CC(C)(C)c1cc(C2=C3C=CC(=N3)C(c3cc(C(C)(C)C)cc(C(C)(C)C)c3)=C3N=C(C([O-])=C3[O-])C(c3cc(C(C)(C)C)cc(C(C)(C)C)c3)=C3C=CC(=N3)C(c3ccc(I)cc3)=C3C=CC2=N3)cc(C(C)(C)C)c1.[Cu+2]. The molecule has 9 rings (SSSR count). The molecule has 6 nitrogen and oxygen atoms in total. The van der Waals surface area contributed by atoms with Crippen molar-refractivity contribution in [2.24, 2.45) is 20.0 Å². The fourth-order valence-corrected chi connectivity index (χ4v) is 10.2. The zero-order valence-electron chi connectivity index (χ0n) is 47.8. The molecule has 4 aromatic carbocycles. The van der Waals surface area contributed by atoms with Gasteiger partial charge in [-0.1, -0.05) is 203 Å². The number of nitrogens with zero attached hydrogens (tertiary/aromatic N) is 4. The number of aliphatic imine (C=N–C) groups is 4. The molecular weight excluding hydrogens is 1100 g/mol. The van der Waals surface area contributed by atoms with Crippen molar-refractivity contribution in [2.45, 2.75) is 157 Å². The van der Waals surface area contributed by atoms with Gasteiger partial charge in [0, 0.05) is 25.9 Å². The third-order valence-corrected chi connectivity index (χ3v) is 15.5. The molecule has 5 aliphatic rings. The number of fused-ring (bicyclic) bond motifs is 4. The molecule has 0 unspecified atom stereocenters. The normalized spacial score (nSPS) is 17.3. The summed E-state index contributed by atoms with van der Waals surface area (Å²) in [6.07, 6.45) is 12.2. The Balaban J connectivity index is 0.00000765. The van der Waals surface area contributed by atoms with E-state index in [4.69, 9.17) is 20.0 Å². The Morgan fingerprint density at radius 1 is 0.329 bits per heavy atom. The van der Waals surface area contributed by atoms with Crippen LogP contribution < -0.4 is 10.2 Å². The molecule has 0 fully saturated rings. The molecule has 1 radical (unpaired) electrons. The molecule has 0 aromatic heterocycles. The second-order valence-corrected chi connectivity index (χ2v) is 28.3. The first-order valence-corrected chi connectivity index (χ1v) is 27.5. The van der Waals surface area contributed by atoms with Gasteiger partial charge < -0.3 is 10.2 Å². The van der Waals surface area contributed by atoms with E-state index in [1.54, 1.807) is 0 Å². The average molecular weight is 1170 g/mol. The van der Waals surface area contributed by atoms with Gasteiger partial charge in [0.15, 0.2) is 0 Å². The molecule has 0 spiro atoms. The van der Waals surface area contributed by atoms with E-state index in [1.165, 1.54) is 11.1 Å². The van der Waals surface area contributed by atoms with E-state index < -0.39 is 11.5 Å². The van der Waals surface area contributed by atoms with Crippen molar-refractivity contribution in [2.75, 3.05) is 0 Å². The molecule has 8 heteroatoms. The number of allylic oxidation sites excluding steroid dienone is 10. The molecule has 4 aromatic rings. The minimum Gasteiger partial charge on any atom is -0.871 e. The molecule has 76 heavy (non-hydrogen) atoms. The van der Waals surface area contributed by atoms with Crippen LogP contribution in [0.25, 0.3) is 22.3 Å². The van der Waals surface area contributed by atoms with Crippen molar-refractivity contribution >= 4 is 67.7 Å². The third kappa shape index (κ3) is 11.1. The Labute approximate surface area is 477 Å². The number of hydrogen-bond donors (Lipinski definition) is 0. The standard InChI is InChI=1S/C68H75IN4O2.Cu/c1-63(2,3)42-29-39(30-43(35-42)64(4,5)6)56-51-24-23-49(70-51)55(38-19-21-48(69)22-20-38)50-25-27-53(71-50)57(40-31-44(65(7,8)9)36-45(32-40)66(10,11)12)59-61(74)62(75)60(73-59)58(54-28-26-52(56)72-54)41-33-46(67(13,14)15)37-47(34-41)68(16,17)18;/h19-37,74-75H,1-18H3;/q;+2/p-2. The summed E-state index contributed by atoms with van der Waals surface area (Å²) in [4.78, 5) is 22.0. The van der Waals surface area contributed by atoms with Gasteiger partial charge in [-0.2, -0.15) is 0 Å². The van der Waals surface area contributed by atoms with E-state index in [-0.39, 0.29) is 61.0 Å². The molecule has 395 valence electrons. The Morgan fingerprint density at radius 3 is 0.961 bits per heavy atom. The average Bonchev–Trinajstić information content (AvgIpc) is 4.14. The van der Waals surface area contributed by atoms with Crippen LogP contribution in [0, 0.1) is 3.57 Å². The van der Waals surface area contributed by atoms with Gasteiger partial charge in [0.25, 0.3) is 0 Å². The van der Waals surface area contributed by atoms with Crippen LogP contribution in [0.1, 0.15) is 180 Å². The van der Waals surface area contributed by atoms with Crippen LogP contribution in [0.5, 0.6) is 0 Å². The second kappa shape index (κ2) is 19.7. The van der Waals surface area contributed by atoms with Gasteiger partial charge in [0.2, 0.25) is 0 Å². The van der Waals surface area contributed by atoms with Crippen LogP contribution >= 0.6 is 22.6 Å². The summed E-state index contributed by atoms with van der Waals surface area (Å²) in [5, 5.41) is 30.7. The zero-order chi connectivity index (χ0) is 54.7. The second-order valence-electron chi connectivity index (χ2n) is 27.0. The summed E-state index contributed by atoms with van der Waals surface area (Å²) in [5.74, 6) is -1.35. The molecule has 8 bridgehead atoms. The molecule has 0 amide bonds. The van der Waals surface area contributed by atoms with E-state index in [1.807, 2.05) is 24.3 Å². The predicted octanol–water partition coefficient (Wildman–Crippen LogP) is 15.5. The first-order valence-electron chi connectivity index (χ1n) is 26.4. The van der Waals surface area contributed by atoms with Crippen LogP contribution in [0.15, 0.2) is 170 Å². The molecule has 5 heterocycles. The first-order chi connectivity index (χ1) is 34.7. The van der Waals surface area contributed by atoms with Crippen LogP contribution in [-0.2, 0) is 49.6 Å². The summed E-state index contributed by atoms with van der Waals surface area (Å²) in [7, 11) is 0. The largest absolute Gasteiger partial charge is 2.00 e. The number of hydrogen-bond acceptors (Lipinski definition) is 6. The number of halogens is 1. The summed E-state index contributed by atoms with van der Waals surface area (Å²) in [6.45, 7) is 39.9. The third-order valence-electron chi connectivity index (χ3n) is 14.8. The Hall–Kier alpha value is -5.67. The first kappa shape index (κ1) is 56.5. The van der Waals surface area contributed by atoms with Crippen molar-refractivity contribution in [3.05, 3.63) is 209 Å². The fraction of sp³-hybridized carbons (Fsp3) is 0.353. The monoisotopic (exact) mass is 1170 g/mol. The molecule has 0 saturated carbocycles. The summed E-state index contributed by atoms with van der Waals surface area (Å²) < 4.78 is 1.11. The summed E-state index contributed by atoms with van der Waals surface area (Å²) >= 11 is 2.34. The van der Waals surface area contributed by atoms with Crippen molar-refractivity contribution in [3.63, 3.8) is 0 Å². The molecule has 0 saturated heterocycles. The van der Waals surface area contributed by atoms with Gasteiger partial charge in [-0.05, 0) is 159 Å². The molecular formula is C68H73CuIN4O2. The van der Waals surface area contributed by atoms with Crippen LogP contribution in [0.2, 0.25) is 0 Å². The minimum atomic E-state index is -0.677. The molecule has 0 atom stereocenters. The van der Waals surface area contributed by atoms with Gasteiger partial charge in [0.1, 0.15) is 0 Å². The molecule has 0 N–H and O–H groups in total. The van der Waals surface area contributed by atoms with Crippen molar-refractivity contribution < 1.29 is 27.3 Å². The maximum atomic E-state index is 15.4. The van der Waals surface area contributed by atoms with Crippen molar-refractivity contribution in [1.29, 1.82) is 0 Å². The van der Waals surface area contributed by atoms with Gasteiger partial charge in [0.05, 0.1) is 45.6 Å². The number of benzene rings is 4. The van der Waals surface area contributed by atoms with Crippen molar-refractivity contribution in [3.8, 4) is 0 Å². The maximum absolute atomic E-state index is 15.4. The van der Waals surface area contributed by atoms with E-state index in [2.05, 4.69) is 238 Å².